The molecule has 9 heteroatoms. The van der Waals surface area contributed by atoms with Gasteiger partial charge >= 0.3 is 6.03 Å². The highest BCUT2D eigenvalue weighted by atomic mass is 79.9. The largest absolute Gasteiger partial charge is 0.495 e. The van der Waals surface area contributed by atoms with Gasteiger partial charge in [-0.3, -0.25) is 14.9 Å². The van der Waals surface area contributed by atoms with Crippen LogP contribution in [0, 0.1) is 20.8 Å². The molecule has 0 radical (unpaired) electrons. The zero-order valence-electron chi connectivity index (χ0n) is 18.9. The Labute approximate surface area is 210 Å². The second-order valence-corrected chi connectivity index (χ2v) is 9.16. The van der Waals surface area contributed by atoms with E-state index in [0.29, 0.717) is 22.0 Å². The molecule has 2 aromatic carbocycles. The number of aryl methyl sites for hydroxylation is 2. The van der Waals surface area contributed by atoms with Crippen LogP contribution in [-0.4, -0.2) is 29.5 Å². The molecule has 2 heterocycles. The highest BCUT2D eigenvalue weighted by molar-refractivity contribution is 9.10. The molecule has 1 N–H and O–H groups in total. The molecule has 1 saturated heterocycles. The summed E-state index contributed by atoms with van der Waals surface area (Å²) in [6, 6.07) is 11.4. The summed E-state index contributed by atoms with van der Waals surface area (Å²) in [6.45, 7) is 5.62. The van der Waals surface area contributed by atoms with E-state index in [9.17, 15) is 14.4 Å². The second kappa shape index (κ2) is 9.12. The van der Waals surface area contributed by atoms with Crippen molar-refractivity contribution in [2.24, 2.45) is 0 Å². The summed E-state index contributed by atoms with van der Waals surface area (Å²) in [7, 11) is 1.57. The van der Waals surface area contributed by atoms with Crippen LogP contribution < -0.4 is 15.0 Å². The lowest BCUT2D eigenvalue weighted by atomic mass is 10.1. The van der Waals surface area contributed by atoms with Gasteiger partial charge in [-0.25, -0.2) is 9.69 Å². The molecule has 0 saturated carbocycles. The fraction of sp³-hybridized carbons (Fsp3) is 0.160. The standard InChI is InChI=1S/C25H21BrClN3O4/c1-13-9-18(6-7-20(13)26)30-24(32)19(23(31)28-25(30)33)11-16-10-14(2)29(15(16)3)21-12-17(27)5-8-22(21)34-4/h5-12H,1-4H3,(H,28,31,33)/b19-11+. The number of anilines is 1. The van der Waals surface area contributed by atoms with Gasteiger partial charge in [0, 0.05) is 20.9 Å². The Balaban J connectivity index is 1.80. The summed E-state index contributed by atoms with van der Waals surface area (Å²) in [4.78, 5) is 39.4. The summed E-state index contributed by atoms with van der Waals surface area (Å²) in [5.41, 5.74) is 4.09. The van der Waals surface area contributed by atoms with Gasteiger partial charge in [0.15, 0.2) is 0 Å². The maximum atomic E-state index is 13.3. The molecule has 0 unspecified atom stereocenters. The number of nitrogens with one attached hydrogen (secondary N) is 1. The van der Waals surface area contributed by atoms with Gasteiger partial charge in [0.25, 0.3) is 11.8 Å². The van der Waals surface area contributed by atoms with Gasteiger partial charge in [-0.05, 0) is 80.4 Å². The molecule has 1 aromatic heterocycles. The summed E-state index contributed by atoms with van der Waals surface area (Å²) in [5.74, 6) is -0.815. The quantitative estimate of drug-likeness (QED) is 0.349. The third kappa shape index (κ3) is 4.15. The van der Waals surface area contributed by atoms with Gasteiger partial charge in [0.1, 0.15) is 11.3 Å². The highest BCUT2D eigenvalue weighted by Gasteiger charge is 2.37. The fourth-order valence-electron chi connectivity index (χ4n) is 3.96. The smallest absolute Gasteiger partial charge is 0.335 e. The Morgan fingerprint density at radius 3 is 2.44 bits per heavy atom. The van der Waals surface area contributed by atoms with Crippen LogP contribution in [0.2, 0.25) is 5.02 Å². The number of hydrogen-bond acceptors (Lipinski definition) is 4. The Morgan fingerprint density at radius 1 is 1.03 bits per heavy atom. The molecule has 174 valence electrons. The number of rotatable bonds is 4. The molecule has 4 rings (SSSR count). The van der Waals surface area contributed by atoms with Crippen molar-refractivity contribution in [2.75, 3.05) is 12.0 Å². The van der Waals surface area contributed by atoms with Crippen LogP contribution in [0.5, 0.6) is 5.75 Å². The summed E-state index contributed by atoms with van der Waals surface area (Å²) >= 11 is 9.63. The van der Waals surface area contributed by atoms with E-state index in [2.05, 4.69) is 21.2 Å². The minimum Gasteiger partial charge on any atom is -0.495 e. The normalized spacial score (nSPS) is 15.2. The maximum absolute atomic E-state index is 13.3. The van der Waals surface area contributed by atoms with Crippen molar-refractivity contribution in [1.29, 1.82) is 0 Å². The summed E-state index contributed by atoms with van der Waals surface area (Å²) in [5, 5.41) is 2.81. The molecular weight excluding hydrogens is 522 g/mol. The van der Waals surface area contributed by atoms with E-state index in [0.717, 1.165) is 32.0 Å². The van der Waals surface area contributed by atoms with Gasteiger partial charge in [0.2, 0.25) is 0 Å². The number of carbonyl (C=O) groups is 3. The van der Waals surface area contributed by atoms with E-state index in [-0.39, 0.29) is 5.57 Å². The molecule has 7 nitrogen and oxygen atoms in total. The number of amides is 4. The van der Waals surface area contributed by atoms with Crippen molar-refractivity contribution in [3.63, 3.8) is 0 Å². The Kier molecular flexibility index (Phi) is 6.38. The Hall–Kier alpha value is -3.36. The van der Waals surface area contributed by atoms with Crippen molar-refractivity contribution in [3.05, 3.63) is 80.0 Å². The van der Waals surface area contributed by atoms with Crippen molar-refractivity contribution in [2.45, 2.75) is 20.8 Å². The average Bonchev–Trinajstić information content (AvgIpc) is 3.06. The molecular formula is C25H21BrClN3O4. The van der Waals surface area contributed by atoms with Crippen LogP contribution in [0.4, 0.5) is 10.5 Å². The molecule has 1 aliphatic rings. The third-order valence-corrected chi connectivity index (χ3v) is 6.78. The SMILES string of the molecule is COc1ccc(Cl)cc1-n1c(C)cc(/C=C2\C(=O)NC(=O)N(c3ccc(Br)c(C)c3)C2=O)c1C. The van der Waals surface area contributed by atoms with E-state index in [1.165, 1.54) is 6.08 Å². The number of nitrogens with zero attached hydrogens (tertiary/aromatic N) is 2. The summed E-state index contributed by atoms with van der Waals surface area (Å²) in [6.07, 6.45) is 1.50. The number of imide groups is 2. The van der Waals surface area contributed by atoms with Crippen molar-refractivity contribution >= 4 is 57.1 Å². The lowest BCUT2D eigenvalue weighted by Crippen LogP contribution is -2.54. The molecule has 0 bridgehead atoms. The Bertz CT molecular complexity index is 1390. The summed E-state index contributed by atoms with van der Waals surface area (Å²) < 4.78 is 8.27. The topological polar surface area (TPSA) is 80.6 Å². The van der Waals surface area contributed by atoms with Crippen molar-refractivity contribution in [1.82, 2.24) is 9.88 Å². The zero-order valence-corrected chi connectivity index (χ0v) is 21.2. The maximum Gasteiger partial charge on any atom is 0.335 e. The predicted octanol–water partition coefficient (Wildman–Crippen LogP) is 5.49. The van der Waals surface area contributed by atoms with Gasteiger partial charge < -0.3 is 9.30 Å². The minimum atomic E-state index is -0.789. The highest BCUT2D eigenvalue weighted by Crippen LogP contribution is 2.32. The van der Waals surface area contributed by atoms with Crippen LogP contribution in [0.25, 0.3) is 11.8 Å². The molecule has 34 heavy (non-hydrogen) atoms. The molecule has 4 amide bonds. The molecule has 0 spiro atoms. The van der Waals surface area contributed by atoms with E-state index >= 15 is 0 Å². The first kappa shape index (κ1) is 23.8. The third-order valence-electron chi connectivity index (χ3n) is 5.65. The van der Waals surface area contributed by atoms with Crippen molar-refractivity contribution in [3.8, 4) is 11.4 Å². The van der Waals surface area contributed by atoms with Gasteiger partial charge in [-0.2, -0.15) is 0 Å². The molecule has 0 aliphatic carbocycles. The van der Waals surface area contributed by atoms with Gasteiger partial charge in [0.05, 0.1) is 18.5 Å². The molecule has 1 aliphatic heterocycles. The number of carbonyl (C=O) groups excluding carboxylic acids is 3. The average molecular weight is 543 g/mol. The van der Waals surface area contributed by atoms with Crippen LogP contribution >= 0.6 is 27.5 Å². The molecule has 3 aromatic rings. The number of halogens is 2. The van der Waals surface area contributed by atoms with E-state index < -0.39 is 17.8 Å². The lowest BCUT2D eigenvalue weighted by molar-refractivity contribution is -0.122. The number of urea groups is 1. The van der Waals surface area contributed by atoms with Crippen LogP contribution in [0.3, 0.4) is 0 Å². The van der Waals surface area contributed by atoms with E-state index in [1.54, 1.807) is 43.5 Å². The predicted molar refractivity (Wildman–Crippen MR) is 135 cm³/mol. The second-order valence-electron chi connectivity index (χ2n) is 7.87. The minimum absolute atomic E-state index is 0.140. The van der Waals surface area contributed by atoms with Gasteiger partial charge in [-0.1, -0.05) is 27.5 Å². The van der Waals surface area contributed by atoms with Crippen molar-refractivity contribution < 1.29 is 19.1 Å². The molecule has 1 fully saturated rings. The van der Waals surface area contributed by atoms with Crippen LogP contribution in [-0.2, 0) is 9.59 Å². The number of ether oxygens (including phenoxy) is 1. The molecule has 0 atom stereocenters. The van der Waals surface area contributed by atoms with E-state index in [4.69, 9.17) is 16.3 Å². The monoisotopic (exact) mass is 541 g/mol. The first-order valence-corrected chi connectivity index (χ1v) is 11.5. The fourth-order valence-corrected chi connectivity index (χ4v) is 4.37. The van der Waals surface area contributed by atoms with E-state index in [1.807, 2.05) is 31.4 Å². The number of hydrogen-bond donors (Lipinski definition) is 1. The first-order valence-electron chi connectivity index (χ1n) is 10.3. The van der Waals surface area contributed by atoms with Gasteiger partial charge in [-0.15, -0.1) is 0 Å². The number of methoxy groups -OCH3 is 1. The zero-order chi connectivity index (χ0) is 24.7. The first-order chi connectivity index (χ1) is 16.1. The lowest BCUT2D eigenvalue weighted by Gasteiger charge is -2.26. The number of benzene rings is 2. The van der Waals surface area contributed by atoms with Crippen LogP contribution in [0.15, 0.2) is 52.5 Å². The number of aromatic nitrogens is 1. The number of barbiturate groups is 1. The Morgan fingerprint density at radius 2 is 1.76 bits per heavy atom. The van der Waals surface area contributed by atoms with Crippen LogP contribution in [0.1, 0.15) is 22.5 Å².